The molecule has 0 aromatic rings. The molecule has 0 spiro atoms. The van der Waals surface area contributed by atoms with Crippen LogP contribution >= 0.6 is 0 Å². The Morgan fingerprint density at radius 3 is 2.06 bits per heavy atom. The van der Waals surface area contributed by atoms with Gasteiger partial charge in [-0.1, -0.05) is 12.8 Å². The van der Waals surface area contributed by atoms with Gasteiger partial charge in [-0.05, 0) is 26.7 Å². The second-order valence-electron chi connectivity index (χ2n) is 4.85. The first-order valence-electron chi connectivity index (χ1n) is 5.78. The molecule has 0 amide bonds. The van der Waals surface area contributed by atoms with E-state index in [4.69, 9.17) is 5.11 Å². The summed E-state index contributed by atoms with van der Waals surface area (Å²) in [5, 5.41) is 8.91. The highest BCUT2D eigenvalue weighted by Gasteiger charge is 2.35. The summed E-state index contributed by atoms with van der Waals surface area (Å²) in [7, 11) is -3.71. The van der Waals surface area contributed by atoms with Crippen LogP contribution in [0.5, 0.6) is 0 Å². The molecule has 0 aromatic carbocycles. The second-order valence-corrected chi connectivity index (χ2v) is 6.52. The van der Waals surface area contributed by atoms with E-state index in [0.717, 1.165) is 25.7 Å². The van der Waals surface area contributed by atoms with E-state index in [1.165, 1.54) is 18.2 Å². The minimum absolute atomic E-state index is 0.463. The third-order valence-corrected chi connectivity index (χ3v) is 4.64. The zero-order valence-electron chi connectivity index (χ0n) is 10.3. The first kappa shape index (κ1) is 14.4. The number of carboxylic acid groups (broad SMARTS) is 1. The van der Waals surface area contributed by atoms with E-state index < -0.39 is 21.7 Å². The maximum absolute atomic E-state index is 12.0. The summed E-state index contributed by atoms with van der Waals surface area (Å²) in [6.45, 7) is 3.60. The molecule has 1 fully saturated rings. The first-order valence-corrected chi connectivity index (χ1v) is 7.22. The molecular weight excluding hydrogens is 244 g/mol. The predicted molar refractivity (Wildman–Crippen MR) is 63.8 cm³/mol. The number of carbonyl (C=O) groups is 1. The molecule has 7 heteroatoms. The second kappa shape index (κ2) is 5.32. The number of aliphatic carboxylic acids is 1. The Hall–Kier alpha value is -0.660. The van der Waals surface area contributed by atoms with Crippen LogP contribution in [0.2, 0.25) is 0 Å². The van der Waals surface area contributed by atoms with Crippen LogP contribution in [0.25, 0.3) is 0 Å². The number of nitrogens with zero attached hydrogens (tertiary/aromatic N) is 1. The molecule has 0 atom stereocenters. The number of hydrogen-bond acceptors (Lipinski definition) is 3. The highest BCUT2D eigenvalue weighted by atomic mass is 32.2. The van der Waals surface area contributed by atoms with Gasteiger partial charge >= 0.3 is 5.97 Å². The molecule has 1 heterocycles. The van der Waals surface area contributed by atoms with Gasteiger partial charge in [-0.3, -0.25) is 4.79 Å². The SMILES string of the molecule is CC(C)(NS(=O)(=O)N1CCCCCC1)C(=O)O. The van der Waals surface area contributed by atoms with Gasteiger partial charge in [0.1, 0.15) is 5.54 Å². The Morgan fingerprint density at radius 2 is 1.65 bits per heavy atom. The van der Waals surface area contributed by atoms with Gasteiger partial charge in [0.15, 0.2) is 0 Å². The molecule has 1 rings (SSSR count). The smallest absolute Gasteiger partial charge is 0.324 e. The van der Waals surface area contributed by atoms with Crippen molar-refractivity contribution in [3.8, 4) is 0 Å². The van der Waals surface area contributed by atoms with Crippen molar-refractivity contribution >= 4 is 16.2 Å². The maximum atomic E-state index is 12.0. The summed E-state index contributed by atoms with van der Waals surface area (Å²) in [5.74, 6) is -1.18. The monoisotopic (exact) mass is 264 g/mol. The lowest BCUT2D eigenvalue weighted by Crippen LogP contribution is -2.54. The molecule has 6 nitrogen and oxygen atoms in total. The summed E-state index contributed by atoms with van der Waals surface area (Å²) in [6.07, 6.45) is 3.70. The largest absolute Gasteiger partial charge is 0.480 e. The van der Waals surface area contributed by atoms with Gasteiger partial charge in [0, 0.05) is 13.1 Å². The Morgan fingerprint density at radius 1 is 1.18 bits per heavy atom. The summed E-state index contributed by atoms with van der Waals surface area (Å²) in [4.78, 5) is 10.9. The molecular formula is C10H20N2O4S. The average molecular weight is 264 g/mol. The predicted octanol–water partition coefficient (Wildman–Crippen LogP) is 0.560. The molecule has 0 bridgehead atoms. The van der Waals surface area contributed by atoms with Crippen molar-refractivity contribution in [1.82, 2.24) is 9.03 Å². The van der Waals surface area contributed by atoms with Crippen LogP contribution in [0.1, 0.15) is 39.5 Å². The zero-order chi connectivity index (χ0) is 13.1. The molecule has 0 radical (unpaired) electrons. The van der Waals surface area contributed by atoms with Crippen molar-refractivity contribution in [2.24, 2.45) is 0 Å². The quantitative estimate of drug-likeness (QED) is 0.776. The Bertz CT molecular complexity index is 370. The minimum Gasteiger partial charge on any atom is -0.480 e. The fraction of sp³-hybridized carbons (Fsp3) is 0.900. The molecule has 0 unspecified atom stereocenters. The summed E-state index contributed by atoms with van der Waals surface area (Å²) in [6, 6.07) is 0. The molecule has 0 aliphatic carbocycles. The van der Waals surface area contributed by atoms with Gasteiger partial charge in [0.25, 0.3) is 10.2 Å². The zero-order valence-corrected chi connectivity index (χ0v) is 11.1. The maximum Gasteiger partial charge on any atom is 0.324 e. The third-order valence-electron chi connectivity index (χ3n) is 2.82. The van der Waals surface area contributed by atoms with Crippen LogP contribution < -0.4 is 4.72 Å². The Kier molecular flexibility index (Phi) is 4.51. The van der Waals surface area contributed by atoms with Crippen LogP contribution in [-0.4, -0.2) is 42.4 Å². The summed E-state index contributed by atoms with van der Waals surface area (Å²) < 4.78 is 27.6. The average Bonchev–Trinajstić information content (AvgIpc) is 2.43. The van der Waals surface area contributed by atoms with E-state index in [0.29, 0.717) is 13.1 Å². The molecule has 17 heavy (non-hydrogen) atoms. The highest BCUT2D eigenvalue weighted by molar-refractivity contribution is 7.87. The van der Waals surface area contributed by atoms with Crippen molar-refractivity contribution in [3.63, 3.8) is 0 Å². The molecule has 1 aliphatic heterocycles. The lowest BCUT2D eigenvalue weighted by atomic mass is 10.1. The molecule has 2 N–H and O–H groups in total. The van der Waals surface area contributed by atoms with Crippen LogP contribution in [0.3, 0.4) is 0 Å². The van der Waals surface area contributed by atoms with Crippen molar-refractivity contribution in [1.29, 1.82) is 0 Å². The van der Waals surface area contributed by atoms with Gasteiger partial charge in [-0.25, -0.2) is 0 Å². The summed E-state index contributed by atoms with van der Waals surface area (Å²) in [5.41, 5.74) is -1.48. The van der Waals surface area contributed by atoms with Crippen molar-refractivity contribution < 1.29 is 18.3 Å². The normalized spacial score (nSPS) is 19.9. The Labute approximate surface area is 102 Å². The van der Waals surface area contributed by atoms with Gasteiger partial charge in [-0.2, -0.15) is 17.4 Å². The van der Waals surface area contributed by atoms with Crippen LogP contribution in [0.4, 0.5) is 0 Å². The fourth-order valence-electron chi connectivity index (χ4n) is 1.71. The first-order chi connectivity index (χ1) is 7.76. The van der Waals surface area contributed by atoms with Gasteiger partial charge < -0.3 is 5.11 Å². The molecule has 0 aromatic heterocycles. The van der Waals surface area contributed by atoms with E-state index >= 15 is 0 Å². The van der Waals surface area contributed by atoms with Crippen LogP contribution in [0, 0.1) is 0 Å². The van der Waals surface area contributed by atoms with Crippen LogP contribution in [-0.2, 0) is 15.0 Å². The molecule has 1 aliphatic rings. The van der Waals surface area contributed by atoms with E-state index in [9.17, 15) is 13.2 Å². The van der Waals surface area contributed by atoms with Gasteiger partial charge in [0.2, 0.25) is 0 Å². The number of hydrogen-bond donors (Lipinski definition) is 2. The fourth-order valence-corrected chi connectivity index (χ4v) is 3.31. The van der Waals surface area contributed by atoms with E-state index in [1.807, 2.05) is 0 Å². The minimum atomic E-state index is -3.71. The lowest BCUT2D eigenvalue weighted by Gasteiger charge is -2.26. The topological polar surface area (TPSA) is 86.7 Å². The third kappa shape index (κ3) is 3.93. The number of nitrogens with one attached hydrogen (secondary N) is 1. The molecule has 1 saturated heterocycles. The van der Waals surface area contributed by atoms with E-state index in [1.54, 1.807) is 0 Å². The highest BCUT2D eigenvalue weighted by Crippen LogP contribution is 2.14. The number of carboxylic acids is 1. The van der Waals surface area contributed by atoms with Gasteiger partial charge in [0.05, 0.1) is 0 Å². The van der Waals surface area contributed by atoms with Crippen molar-refractivity contribution in [3.05, 3.63) is 0 Å². The van der Waals surface area contributed by atoms with Crippen molar-refractivity contribution in [2.75, 3.05) is 13.1 Å². The Balaban J connectivity index is 2.76. The van der Waals surface area contributed by atoms with Crippen LogP contribution in [0.15, 0.2) is 0 Å². The van der Waals surface area contributed by atoms with E-state index in [-0.39, 0.29) is 0 Å². The van der Waals surface area contributed by atoms with E-state index in [2.05, 4.69) is 4.72 Å². The standard InChI is InChI=1S/C10H20N2O4S/c1-10(2,9(13)14)11-17(15,16)12-7-5-3-4-6-8-12/h11H,3-8H2,1-2H3,(H,13,14). The molecule has 100 valence electrons. The van der Waals surface area contributed by atoms with Crippen molar-refractivity contribution in [2.45, 2.75) is 45.1 Å². The van der Waals surface area contributed by atoms with Gasteiger partial charge in [-0.15, -0.1) is 0 Å². The molecule has 0 saturated carbocycles. The summed E-state index contributed by atoms with van der Waals surface area (Å²) >= 11 is 0. The lowest BCUT2D eigenvalue weighted by molar-refractivity contribution is -0.142. The number of rotatable bonds is 4.